The summed E-state index contributed by atoms with van der Waals surface area (Å²) in [5, 5.41) is 9.07. The fraction of sp³-hybridized carbons (Fsp3) is 0.571. The third-order valence-electron chi connectivity index (χ3n) is 3.66. The maximum Gasteiger partial charge on any atom is 0.228 e. The van der Waals surface area contributed by atoms with Crippen LogP contribution in [0.15, 0.2) is 18.3 Å². The lowest BCUT2D eigenvalue weighted by atomic mass is 9.97. The number of carbonyl (C=O) groups excluding carboxylic acids is 1. The summed E-state index contributed by atoms with van der Waals surface area (Å²) in [6, 6.07) is 3.86. The van der Waals surface area contributed by atoms with E-state index in [4.69, 9.17) is 5.11 Å². The molecular weight excluding hydrogens is 228 g/mol. The zero-order chi connectivity index (χ0) is 13.0. The van der Waals surface area contributed by atoms with Crippen molar-refractivity contribution < 1.29 is 9.90 Å². The highest BCUT2D eigenvalue weighted by Gasteiger charge is 2.22. The lowest BCUT2D eigenvalue weighted by Gasteiger charge is -2.31. The van der Waals surface area contributed by atoms with Gasteiger partial charge in [-0.3, -0.25) is 9.78 Å². The van der Waals surface area contributed by atoms with Crippen LogP contribution in [0.2, 0.25) is 0 Å². The molecule has 1 amide bonds. The Labute approximate surface area is 108 Å². The number of aryl methyl sites for hydroxylation is 1. The van der Waals surface area contributed by atoms with Crippen LogP contribution in [-0.4, -0.2) is 40.6 Å². The first-order chi connectivity index (χ1) is 8.70. The molecule has 2 rings (SSSR count). The Morgan fingerprint density at radius 3 is 2.83 bits per heavy atom. The molecule has 98 valence electrons. The normalized spacial score (nSPS) is 16.9. The zero-order valence-electron chi connectivity index (χ0n) is 10.8. The largest absolute Gasteiger partial charge is 0.396 e. The van der Waals surface area contributed by atoms with Crippen LogP contribution in [0.4, 0.5) is 0 Å². The summed E-state index contributed by atoms with van der Waals surface area (Å²) in [6.07, 6.45) is 3.93. The molecule has 0 unspecified atom stereocenters. The molecule has 0 aromatic carbocycles. The quantitative estimate of drug-likeness (QED) is 0.873. The van der Waals surface area contributed by atoms with Crippen molar-refractivity contribution in [2.75, 3.05) is 19.7 Å². The summed E-state index contributed by atoms with van der Waals surface area (Å²) in [4.78, 5) is 18.3. The van der Waals surface area contributed by atoms with Gasteiger partial charge in [0, 0.05) is 25.9 Å². The van der Waals surface area contributed by atoms with Gasteiger partial charge < -0.3 is 10.0 Å². The molecule has 1 saturated heterocycles. The van der Waals surface area contributed by atoms with E-state index >= 15 is 0 Å². The zero-order valence-corrected chi connectivity index (χ0v) is 10.8. The van der Waals surface area contributed by atoms with Gasteiger partial charge in [-0.25, -0.2) is 0 Å². The molecule has 1 aliphatic heterocycles. The predicted molar refractivity (Wildman–Crippen MR) is 69.1 cm³/mol. The standard InChI is InChI=1S/C14H20N2O2/c1-11-3-2-6-15-13(11)9-14(18)16-7-4-12(10-17)5-8-16/h2-3,6,12,17H,4-5,7-10H2,1H3. The Hall–Kier alpha value is -1.42. The van der Waals surface area contributed by atoms with Gasteiger partial charge in [-0.2, -0.15) is 0 Å². The fourth-order valence-corrected chi connectivity index (χ4v) is 2.32. The highest BCUT2D eigenvalue weighted by atomic mass is 16.3. The number of hydrogen-bond acceptors (Lipinski definition) is 3. The van der Waals surface area contributed by atoms with Crippen LogP contribution < -0.4 is 0 Å². The summed E-state index contributed by atoms with van der Waals surface area (Å²) in [7, 11) is 0. The number of likely N-dealkylation sites (tertiary alicyclic amines) is 1. The average Bonchev–Trinajstić information content (AvgIpc) is 2.41. The van der Waals surface area contributed by atoms with Crippen molar-refractivity contribution in [3.8, 4) is 0 Å². The second-order valence-corrected chi connectivity index (χ2v) is 4.95. The van der Waals surface area contributed by atoms with Crippen LogP contribution in [-0.2, 0) is 11.2 Å². The molecule has 0 spiro atoms. The van der Waals surface area contributed by atoms with Gasteiger partial charge in [0.15, 0.2) is 0 Å². The highest BCUT2D eigenvalue weighted by Crippen LogP contribution is 2.17. The van der Waals surface area contributed by atoms with Crippen LogP contribution in [0.5, 0.6) is 0 Å². The van der Waals surface area contributed by atoms with Crippen LogP contribution in [0, 0.1) is 12.8 Å². The molecule has 0 bridgehead atoms. The number of amides is 1. The van der Waals surface area contributed by atoms with E-state index < -0.39 is 0 Å². The number of carbonyl (C=O) groups is 1. The lowest BCUT2D eigenvalue weighted by molar-refractivity contribution is -0.132. The molecular formula is C14H20N2O2. The number of piperidine rings is 1. The van der Waals surface area contributed by atoms with Crippen molar-refractivity contribution in [1.29, 1.82) is 0 Å². The third-order valence-corrected chi connectivity index (χ3v) is 3.66. The van der Waals surface area contributed by atoms with Gasteiger partial charge in [0.1, 0.15) is 0 Å². The first-order valence-electron chi connectivity index (χ1n) is 6.50. The molecule has 1 N–H and O–H groups in total. The van der Waals surface area contributed by atoms with E-state index in [-0.39, 0.29) is 12.5 Å². The SMILES string of the molecule is Cc1cccnc1CC(=O)N1CCC(CO)CC1. The molecule has 0 atom stereocenters. The summed E-state index contributed by atoms with van der Waals surface area (Å²) in [5.74, 6) is 0.513. The van der Waals surface area contributed by atoms with Crippen molar-refractivity contribution in [3.63, 3.8) is 0 Å². The topological polar surface area (TPSA) is 53.4 Å². The number of rotatable bonds is 3. The number of aliphatic hydroxyl groups is 1. The number of nitrogens with zero attached hydrogens (tertiary/aromatic N) is 2. The summed E-state index contributed by atoms with van der Waals surface area (Å²) in [5.41, 5.74) is 1.93. The van der Waals surface area contributed by atoms with E-state index in [1.54, 1.807) is 6.20 Å². The van der Waals surface area contributed by atoms with Crippen LogP contribution in [0.3, 0.4) is 0 Å². The second kappa shape index (κ2) is 5.96. The Balaban J connectivity index is 1.91. The molecule has 2 heterocycles. The molecule has 1 aromatic heterocycles. The first kappa shape index (κ1) is 13.0. The monoisotopic (exact) mass is 248 g/mol. The predicted octanol–water partition coefficient (Wildman–Crippen LogP) is 1.16. The Morgan fingerprint density at radius 1 is 1.50 bits per heavy atom. The molecule has 18 heavy (non-hydrogen) atoms. The van der Waals surface area contributed by atoms with E-state index in [9.17, 15) is 4.79 Å². The minimum atomic E-state index is 0.146. The van der Waals surface area contributed by atoms with Gasteiger partial charge in [-0.15, -0.1) is 0 Å². The number of hydrogen-bond donors (Lipinski definition) is 1. The van der Waals surface area contributed by atoms with Gasteiger partial charge in [0.25, 0.3) is 0 Å². The summed E-state index contributed by atoms with van der Waals surface area (Å²) >= 11 is 0. The molecule has 4 nitrogen and oxygen atoms in total. The van der Waals surface area contributed by atoms with Gasteiger partial charge in [0.2, 0.25) is 5.91 Å². The second-order valence-electron chi connectivity index (χ2n) is 4.95. The molecule has 4 heteroatoms. The number of aromatic nitrogens is 1. The van der Waals surface area contributed by atoms with Crippen LogP contribution >= 0.6 is 0 Å². The Bertz CT molecular complexity index is 412. The highest BCUT2D eigenvalue weighted by molar-refractivity contribution is 5.78. The van der Waals surface area contributed by atoms with Crippen molar-refractivity contribution in [1.82, 2.24) is 9.88 Å². The first-order valence-corrected chi connectivity index (χ1v) is 6.50. The van der Waals surface area contributed by atoms with Crippen molar-refractivity contribution in [2.24, 2.45) is 5.92 Å². The average molecular weight is 248 g/mol. The van der Waals surface area contributed by atoms with Crippen molar-refractivity contribution in [3.05, 3.63) is 29.6 Å². The molecule has 1 aliphatic rings. The Kier molecular flexibility index (Phi) is 4.31. The molecule has 0 radical (unpaired) electrons. The smallest absolute Gasteiger partial charge is 0.228 e. The Morgan fingerprint density at radius 2 is 2.22 bits per heavy atom. The molecule has 1 fully saturated rings. The minimum Gasteiger partial charge on any atom is -0.396 e. The van der Waals surface area contributed by atoms with E-state index in [1.807, 2.05) is 24.0 Å². The van der Waals surface area contributed by atoms with Gasteiger partial charge in [-0.05, 0) is 37.3 Å². The van der Waals surface area contributed by atoms with Crippen LogP contribution in [0.25, 0.3) is 0 Å². The molecule has 1 aromatic rings. The minimum absolute atomic E-state index is 0.146. The fourth-order valence-electron chi connectivity index (χ4n) is 2.32. The summed E-state index contributed by atoms with van der Waals surface area (Å²) < 4.78 is 0. The van der Waals surface area contributed by atoms with E-state index in [2.05, 4.69) is 4.98 Å². The maximum absolute atomic E-state index is 12.1. The van der Waals surface area contributed by atoms with E-state index in [0.717, 1.165) is 37.2 Å². The van der Waals surface area contributed by atoms with Gasteiger partial charge in [-0.1, -0.05) is 6.07 Å². The molecule has 0 aliphatic carbocycles. The molecule has 0 saturated carbocycles. The lowest BCUT2D eigenvalue weighted by Crippen LogP contribution is -2.40. The number of aliphatic hydroxyl groups excluding tert-OH is 1. The van der Waals surface area contributed by atoms with Crippen LogP contribution in [0.1, 0.15) is 24.1 Å². The maximum atomic E-state index is 12.1. The number of pyridine rings is 1. The van der Waals surface area contributed by atoms with Gasteiger partial charge in [0.05, 0.1) is 12.1 Å². The third kappa shape index (κ3) is 3.07. The van der Waals surface area contributed by atoms with Crippen molar-refractivity contribution >= 4 is 5.91 Å². The van der Waals surface area contributed by atoms with E-state index in [0.29, 0.717) is 12.3 Å². The van der Waals surface area contributed by atoms with Crippen molar-refractivity contribution in [2.45, 2.75) is 26.2 Å². The summed E-state index contributed by atoms with van der Waals surface area (Å²) in [6.45, 7) is 3.74. The van der Waals surface area contributed by atoms with Gasteiger partial charge >= 0.3 is 0 Å². The van der Waals surface area contributed by atoms with E-state index in [1.165, 1.54) is 0 Å².